The van der Waals surface area contributed by atoms with Crippen molar-refractivity contribution in [3.05, 3.63) is 247 Å². The summed E-state index contributed by atoms with van der Waals surface area (Å²) >= 11 is 0. The summed E-state index contributed by atoms with van der Waals surface area (Å²) in [4.78, 5) is 16.9. The van der Waals surface area contributed by atoms with Crippen molar-refractivity contribution in [2.45, 2.75) is 5.41 Å². The lowest BCUT2D eigenvalue weighted by Crippen LogP contribution is -2.49. The molecular weight excluding hydrogens is 816 g/mol. The van der Waals surface area contributed by atoms with Gasteiger partial charge in [-0.25, -0.2) is 4.98 Å². The highest BCUT2D eigenvalue weighted by atomic mass is 31.2. The topological polar surface area (TPSA) is 72.1 Å². The smallest absolute Gasteiger partial charge is 0.171 e. The average Bonchev–Trinajstić information content (AvgIpc) is 3.75. The molecule has 6 nitrogen and oxygen atoms in total. The van der Waals surface area contributed by atoms with Crippen molar-refractivity contribution in [1.29, 1.82) is 0 Å². The van der Waals surface area contributed by atoms with Crippen LogP contribution in [0.2, 0.25) is 0 Å². The second kappa shape index (κ2) is 14.4. The summed E-state index contributed by atoms with van der Waals surface area (Å²) in [5, 5.41) is 4.39. The summed E-state index contributed by atoms with van der Waals surface area (Å²) in [6.45, 7) is 0. The molecule has 65 heavy (non-hydrogen) atoms. The van der Waals surface area contributed by atoms with Crippen LogP contribution in [0.3, 0.4) is 0 Å². The van der Waals surface area contributed by atoms with Gasteiger partial charge in [-0.15, -0.1) is 0 Å². The Morgan fingerprint density at radius 2 is 1.06 bits per heavy atom. The largest absolute Gasteiger partial charge is 0.456 e. The van der Waals surface area contributed by atoms with Crippen LogP contribution in [0.4, 0.5) is 17.1 Å². The molecule has 1 spiro atoms. The fraction of sp³-hybridized carbons (Fsp3) is 0.0172. The molecule has 0 saturated carbocycles. The van der Waals surface area contributed by atoms with Gasteiger partial charge in [0.05, 0.1) is 39.6 Å². The van der Waals surface area contributed by atoms with E-state index < -0.39 is 12.6 Å². The Morgan fingerprint density at radius 1 is 0.431 bits per heavy atom. The minimum Gasteiger partial charge on any atom is -0.456 e. The summed E-state index contributed by atoms with van der Waals surface area (Å²) in [6.07, 6.45) is 3.60. The lowest BCUT2D eigenvalue weighted by atomic mass is 9.61. The highest BCUT2D eigenvalue weighted by molar-refractivity contribution is 7.85. The Kier molecular flexibility index (Phi) is 8.30. The van der Waals surface area contributed by atoms with Crippen LogP contribution in [0.1, 0.15) is 22.3 Å². The number of rotatable bonds is 5. The van der Waals surface area contributed by atoms with E-state index in [-0.39, 0.29) is 0 Å². The molecule has 2 unspecified atom stereocenters. The monoisotopic (exact) mass is 852 g/mol. The Morgan fingerprint density at radius 3 is 1.80 bits per heavy atom. The molecular formula is C58H37N4O2P. The maximum atomic E-state index is 16.7. The summed E-state index contributed by atoms with van der Waals surface area (Å²) in [5.41, 5.74) is 12.9. The van der Waals surface area contributed by atoms with Gasteiger partial charge < -0.3 is 13.9 Å². The first-order valence-electron chi connectivity index (χ1n) is 21.8. The van der Waals surface area contributed by atoms with Crippen LogP contribution in [0.15, 0.2) is 229 Å². The minimum absolute atomic E-state index is 0.714. The van der Waals surface area contributed by atoms with Crippen LogP contribution < -0.4 is 20.8 Å². The van der Waals surface area contributed by atoms with Gasteiger partial charge in [-0.2, -0.15) is 0 Å². The standard InChI is InChI=1S/C58H37N4O2P/c63-65(41-19-5-2-6-20-41)56-28-12-9-23-46(56)58(47-36-43-42-21-7-11-27-54(42)64-55(43)37-57(47)65)44-22-8-10-26-52(44)62(40-17-3-1-4-18-40)53-35-38(29-30-45(53)58)39-33-50(48-24-13-15-31-59-48)61-51(34-39)49-25-14-16-32-60-49/h1-37H. The zero-order valence-electron chi connectivity index (χ0n) is 34.9. The molecule has 13 rings (SSSR count). The number of hydrogen-bond acceptors (Lipinski definition) is 6. The highest BCUT2D eigenvalue weighted by Crippen LogP contribution is 2.63. The zero-order valence-corrected chi connectivity index (χ0v) is 35.8. The molecule has 0 aliphatic carbocycles. The predicted octanol–water partition coefficient (Wildman–Crippen LogP) is 12.9. The Balaban J connectivity index is 1.16. The summed E-state index contributed by atoms with van der Waals surface area (Å²) < 4.78 is 23.4. The van der Waals surface area contributed by atoms with E-state index >= 15 is 4.57 Å². The number of aromatic nitrogens is 3. The van der Waals surface area contributed by atoms with Crippen molar-refractivity contribution < 1.29 is 8.98 Å². The second-order valence-electron chi connectivity index (χ2n) is 16.7. The molecule has 7 heteroatoms. The molecule has 2 atom stereocenters. The summed E-state index contributed by atoms with van der Waals surface area (Å²) in [6, 6.07) is 73.2. The molecule has 6 heterocycles. The number of para-hydroxylation sites is 3. The van der Waals surface area contributed by atoms with E-state index in [1.807, 2.05) is 84.9 Å². The number of pyridine rings is 3. The number of furan rings is 1. The molecule has 4 aromatic heterocycles. The molecule has 0 radical (unpaired) electrons. The van der Waals surface area contributed by atoms with E-state index in [2.05, 4.69) is 132 Å². The van der Waals surface area contributed by atoms with E-state index in [4.69, 9.17) is 19.4 Å². The number of fused-ring (bicyclic) bond motifs is 11. The number of nitrogens with zero attached hydrogens (tertiary/aromatic N) is 4. The summed E-state index contributed by atoms with van der Waals surface area (Å²) in [5.74, 6) is 0. The molecule has 2 aliphatic heterocycles. The number of benzene rings is 7. The molecule has 0 amide bonds. The fourth-order valence-electron chi connectivity index (χ4n) is 10.5. The quantitative estimate of drug-likeness (QED) is 0.161. The maximum Gasteiger partial charge on any atom is 0.171 e. The molecule has 11 aromatic rings. The van der Waals surface area contributed by atoms with Gasteiger partial charge in [0.25, 0.3) is 0 Å². The molecule has 0 fully saturated rings. The van der Waals surface area contributed by atoms with Crippen LogP contribution in [0.25, 0.3) is 55.8 Å². The average molecular weight is 853 g/mol. The summed E-state index contributed by atoms with van der Waals surface area (Å²) in [7, 11) is -3.50. The third kappa shape index (κ3) is 5.48. The van der Waals surface area contributed by atoms with Crippen molar-refractivity contribution in [3.8, 4) is 33.9 Å². The molecule has 0 bridgehead atoms. The number of anilines is 3. The first-order chi connectivity index (χ1) is 32.1. The van der Waals surface area contributed by atoms with Crippen LogP contribution >= 0.6 is 7.14 Å². The minimum atomic E-state index is -3.50. The first kappa shape index (κ1) is 37.4. The lowest BCUT2D eigenvalue weighted by molar-refractivity contribution is 0.590. The predicted molar refractivity (Wildman–Crippen MR) is 263 cm³/mol. The van der Waals surface area contributed by atoms with Crippen molar-refractivity contribution >= 4 is 62.1 Å². The van der Waals surface area contributed by atoms with Gasteiger partial charge in [-0.3, -0.25) is 9.97 Å². The van der Waals surface area contributed by atoms with Gasteiger partial charge in [0.15, 0.2) is 7.14 Å². The van der Waals surface area contributed by atoms with Crippen molar-refractivity contribution in [2.24, 2.45) is 0 Å². The van der Waals surface area contributed by atoms with Gasteiger partial charge in [0, 0.05) is 44.8 Å². The van der Waals surface area contributed by atoms with Crippen LogP contribution in [-0.2, 0) is 9.98 Å². The van der Waals surface area contributed by atoms with E-state index in [0.717, 1.165) is 105 Å². The normalized spacial score (nSPS) is 17.1. The SMILES string of the molecule is O=P1(c2ccccc2)c2ccccc2C2(c3ccccc3N(c3ccccc3)c3cc(-c4cc(-c5ccccn5)nc(-c5ccccn5)c4)ccc32)c2cc3c(cc21)oc1ccccc13. The van der Waals surface area contributed by atoms with Crippen molar-refractivity contribution in [1.82, 2.24) is 15.0 Å². The van der Waals surface area contributed by atoms with Gasteiger partial charge >= 0.3 is 0 Å². The Labute approximate surface area is 375 Å². The molecule has 2 aliphatic rings. The fourth-order valence-corrected chi connectivity index (χ4v) is 13.6. The van der Waals surface area contributed by atoms with Crippen LogP contribution in [-0.4, -0.2) is 15.0 Å². The maximum absolute atomic E-state index is 16.7. The molecule has 306 valence electrons. The van der Waals surface area contributed by atoms with Gasteiger partial charge in [-0.1, -0.05) is 133 Å². The Bertz CT molecular complexity index is 3650. The third-order valence-electron chi connectivity index (χ3n) is 13.2. The molecule has 7 aromatic carbocycles. The zero-order chi connectivity index (χ0) is 43.1. The first-order valence-corrected chi connectivity index (χ1v) is 23.5. The highest BCUT2D eigenvalue weighted by Gasteiger charge is 2.55. The molecule has 0 saturated heterocycles. The van der Waals surface area contributed by atoms with E-state index in [1.165, 1.54) is 0 Å². The van der Waals surface area contributed by atoms with Crippen molar-refractivity contribution in [2.75, 3.05) is 4.90 Å². The van der Waals surface area contributed by atoms with Crippen molar-refractivity contribution in [3.63, 3.8) is 0 Å². The molecule has 0 N–H and O–H groups in total. The van der Waals surface area contributed by atoms with Crippen LogP contribution in [0.5, 0.6) is 0 Å². The van der Waals surface area contributed by atoms with E-state index in [9.17, 15) is 0 Å². The Hall–Kier alpha value is -8.18. The lowest BCUT2D eigenvalue weighted by Gasteiger charge is -2.50. The number of hydrogen-bond donors (Lipinski definition) is 0. The van der Waals surface area contributed by atoms with Crippen LogP contribution in [0, 0.1) is 0 Å². The van der Waals surface area contributed by atoms with Gasteiger partial charge in [-0.05, 0) is 112 Å². The van der Waals surface area contributed by atoms with Gasteiger partial charge in [0.1, 0.15) is 11.2 Å². The van der Waals surface area contributed by atoms with E-state index in [1.54, 1.807) is 12.4 Å². The van der Waals surface area contributed by atoms with E-state index in [0.29, 0.717) is 5.58 Å². The second-order valence-corrected chi connectivity index (χ2v) is 19.4. The van der Waals surface area contributed by atoms with Gasteiger partial charge in [0.2, 0.25) is 0 Å². The third-order valence-corrected chi connectivity index (χ3v) is 16.4.